The van der Waals surface area contributed by atoms with Gasteiger partial charge in [0.2, 0.25) is 0 Å². The van der Waals surface area contributed by atoms with Crippen LogP contribution in [0.2, 0.25) is 0 Å². The van der Waals surface area contributed by atoms with Gasteiger partial charge in [0.1, 0.15) is 0 Å². The van der Waals surface area contributed by atoms with Crippen molar-refractivity contribution in [2.24, 2.45) is 5.92 Å². The molecule has 2 rings (SSSR count). The number of hydrogen-bond donors (Lipinski definition) is 0. The summed E-state index contributed by atoms with van der Waals surface area (Å²) < 4.78 is 0. The van der Waals surface area contributed by atoms with Gasteiger partial charge in [-0.3, -0.25) is 0 Å². The maximum atomic E-state index is 8.81. The molecule has 1 aliphatic carbocycles. The van der Waals surface area contributed by atoms with Gasteiger partial charge >= 0.3 is 0 Å². The number of nitrogens with zero attached hydrogens (tertiary/aromatic N) is 2. The van der Waals surface area contributed by atoms with Crippen LogP contribution >= 0.6 is 0 Å². The zero-order valence-corrected chi connectivity index (χ0v) is 6.79. The third-order valence-electron chi connectivity index (χ3n) is 2.84. The molecule has 2 nitrogen and oxygen atoms in total. The zero-order valence-electron chi connectivity index (χ0n) is 6.79. The molecule has 0 aromatic heterocycles. The second-order valence-electron chi connectivity index (χ2n) is 3.69. The van der Waals surface area contributed by atoms with Crippen LogP contribution in [0.3, 0.4) is 0 Å². The predicted octanol–water partition coefficient (Wildman–Crippen LogP) is 1.73. The summed E-state index contributed by atoms with van der Waals surface area (Å²) in [5.41, 5.74) is 0. The maximum absolute atomic E-state index is 8.81. The topological polar surface area (TPSA) is 27.0 Å². The molecule has 1 heterocycles. The van der Waals surface area contributed by atoms with E-state index in [0.717, 1.165) is 12.5 Å². The first-order chi connectivity index (χ1) is 5.42. The van der Waals surface area contributed by atoms with Crippen LogP contribution in [-0.2, 0) is 0 Å². The molecule has 1 saturated heterocycles. The lowest BCUT2D eigenvalue weighted by molar-refractivity contribution is 0.201. The van der Waals surface area contributed by atoms with Crippen molar-refractivity contribution in [3.63, 3.8) is 0 Å². The molecule has 0 spiro atoms. The second kappa shape index (κ2) is 2.73. The van der Waals surface area contributed by atoms with Crippen LogP contribution in [0.4, 0.5) is 0 Å². The van der Waals surface area contributed by atoms with Gasteiger partial charge in [0.25, 0.3) is 0 Å². The monoisotopic (exact) mass is 150 g/mol. The summed E-state index contributed by atoms with van der Waals surface area (Å²) >= 11 is 0. The summed E-state index contributed by atoms with van der Waals surface area (Å²) in [5.74, 6) is 0.870. The molecule has 1 atom stereocenters. The summed E-state index contributed by atoms with van der Waals surface area (Å²) in [7, 11) is 0. The van der Waals surface area contributed by atoms with Crippen LogP contribution in [0.5, 0.6) is 0 Å². The van der Waals surface area contributed by atoms with E-state index in [-0.39, 0.29) is 0 Å². The van der Waals surface area contributed by atoms with Gasteiger partial charge < -0.3 is 4.90 Å². The van der Waals surface area contributed by atoms with Crippen LogP contribution in [0.15, 0.2) is 0 Å². The highest BCUT2D eigenvalue weighted by Crippen LogP contribution is 2.38. The van der Waals surface area contributed by atoms with E-state index in [1.54, 1.807) is 0 Å². The third-order valence-corrected chi connectivity index (χ3v) is 2.84. The number of nitriles is 1. The summed E-state index contributed by atoms with van der Waals surface area (Å²) in [4.78, 5) is 2.00. The van der Waals surface area contributed by atoms with Crippen molar-refractivity contribution in [1.29, 1.82) is 5.26 Å². The molecule has 0 aromatic carbocycles. The molecule has 2 aliphatic rings. The van der Waals surface area contributed by atoms with Gasteiger partial charge in [0, 0.05) is 12.6 Å². The van der Waals surface area contributed by atoms with Crippen molar-refractivity contribution in [2.75, 3.05) is 6.54 Å². The smallest absolute Gasteiger partial charge is 0.179 e. The fourth-order valence-electron chi connectivity index (χ4n) is 2.05. The Balaban J connectivity index is 1.97. The van der Waals surface area contributed by atoms with E-state index in [1.807, 2.05) is 4.90 Å². The van der Waals surface area contributed by atoms with Gasteiger partial charge in [0.05, 0.1) is 0 Å². The molecule has 2 fully saturated rings. The van der Waals surface area contributed by atoms with Crippen molar-refractivity contribution in [2.45, 2.75) is 38.1 Å². The van der Waals surface area contributed by atoms with Crippen molar-refractivity contribution in [1.82, 2.24) is 4.90 Å². The van der Waals surface area contributed by atoms with Crippen LogP contribution in [0.1, 0.15) is 32.1 Å². The van der Waals surface area contributed by atoms with E-state index in [1.165, 1.54) is 32.1 Å². The van der Waals surface area contributed by atoms with E-state index in [2.05, 4.69) is 6.19 Å². The SMILES string of the molecule is N#CN1CCCCC1C1CC1. The number of piperidine rings is 1. The first-order valence-corrected chi connectivity index (χ1v) is 4.58. The fraction of sp³-hybridized carbons (Fsp3) is 0.889. The molecule has 11 heavy (non-hydrogen) atoms. The maximum Gasteiger partial charge on any atom is 0.179 e. The number of likely N-dealkylation sites (tertiary alicyclic amines) is 1. The Morgan fingerprint density at radius 3 is 2.64 bits per heavy atom. The van der Waals surface area contributed by atoms with Crippen LogP contribution in [0.25, 0.3) is 0 Å². The average Bonchev–Trinajstić information content (AvgIpc) is 2.87. The van der Waals surface area contributed by atoms with Gasteiger partial charge in [0.15, 0.2) is 6.19 Å². The van der Waals surface area contributed by atoms with Gasteiger partial charge in [-0.05, 0) is 38.0 Å². The van der Waals surface area contributed by atoms with Crippen molar-refractivity contribution in [3.8, 4) is 6.19 Å². The summed E-state index contributed by atoms with van der Waals surface area (Å²) in [6.07, 6.45) is 8.85. The minimum atomic E-state index is 0.619. The second-order valence-corrected chi connectivity index (χ2v) is 3.69. The van der Waals surface area contributed by atoms with E-state index in [4.69, 9.17) is 5.26 Å². The fourth-order valence-corrected chi connectivity index (χ4v) is 2.05. The summed E-state index contributed by atoms with van der Waals surface area (Å²) in [6.45, 7) is 1.01. The Morgan fingerprint density at radius 2 is 2.00 bits per heavy atom. The highest BCUT2D eigenvalue weighted by atomic mass is 15.2. The Labute approximate surface area is 67.8 Å². The lowest BCUT2D eigenvalue weighted by Crippen LogP contribution is -2.37. The van der Waals surface area contributed by atoms with Crippen molar-refractivity contribution in [3.05, 3.63) is 0 Å². The highest BCUT2D eigenvalue weighted by Gasteiger charge is 2.36. The summed E-state index contributed by atoms with van der Waals surface area (Å²) in [6, 6.07) is 0.619. The number of rotatable bonds is 1. The quantitative estimate of drug-likeness (QED) is 0.532. The molecular weight excluding hydrogens is 136 g/mol. The first kappa shape index (κ1) is 6.97. The Kier molecular flexibility index (Phi) is 1.73. The molecule has 0 amide bonds. The predicted molar refractivity (Wildman–Crippen MR) is 42.7 cm³/mol. The Hall–Kier alpha value is -0.710. The largest absolute Gasteiger partial charge is 0.307 e. The van der Waals surface area contributed by atoms with Crippen molar-refractivity contribution < 1.29 is 0 Å². The standard InChI is InChI=1S/C9H14N2/c10-7-11-6-2-1-3-9(11)8-4-5-8/h8-9H,1-6H2. The molecule has 1 unspecified atom stereocenters. The van der Waals surface area contributed by atoms with E-state index in [9.17, 15) is 0 Å². The molecule has 60 valence electrons. The van der Waals surface area contributed by atoms with Gasteiger partial charge in [-0.2, -0.15) is 5.26 Å². The van der Waals surface area contributed by atoms with Gasteiger partial charge in [-0.1, -0.05) is 0 Å². The van der Waals surface area contributed by atoms with Crippen LogP contribution < -0.4 is 0 Å². The lowest BCUT2D eigenvalue weighted by atomic mass is 9.99. The van der Waals surface area contributed by atoms with Gasteiger partial charge in [-0.15, -0.1) is 0 Å². The Bertz CT molecular complexity index is 178. The molecule has 0 radical (unpaired) electrons. The van der Waals surface area contributed by atoms with E-state index >= 15 is 0 Å². The molecule has 1 aliphatic heterocycles. The van der Waals surface area contributed by atoms with Crippen LogP contribution in [-0.4, -0.2) is 17.5 Å². The van der Waals surface area contributed by atoms with Crippen LogP contribution in [0, 0.1) is 17.4 Å². The first-order valence-electron chi connectivity index (χ1n) is 4.58. The highest BCUT2D eigenvalue weighted by molar-refractivity contribution is 4.94. The molecule has 0 N–H and O–H groups in total. The van der Waals surface area contributed by atoms with Crippen molar-refractivity contribution >= 4 is 0 Å². The summed E-state index contributed by atoms with van der Waals surface area (Å²) in [5, 5.41) is 8.81. The third kappa shape index (κ3) is 1.33. The molecule has 0 bridgehead atoms. The number of hydrogen-bond acceptors (Lipinski definition) is 2. The van der Waals surface area contributed by atoms with E-state index in [0.29, 0.717) is 6.04 Å². The van der Waals surface area contributed by atoms with Gasteiger partial charge in [-0.25, -0.2) is 0 Å². The molecule has 0 aromatic rings. The minimum Gasteiger partial charge on any atom is -0.307 e. The average molecular weight is 150 g/mol. The molecule has 1 saturated carbocycles. The molecular formula is C9H14N2. The van der Waals surface area contributed by atoms with E-state index < -0.39 is 0 Å². The lowest BCUT2D eigenvalue weighted by Gasteiger charge is -2.31. The minimum absolute atomic E-state index is 0.619. The normalized spacial score (nSPS) is 31.5. The molecule has 2 heteroatoms. The zero-order chi connectivity index (χ0) is 7.68. The Morgan fingerprint density at radius 1 is 1.18 bits per heavy atom.